The standard InChI is InChI=1S/C43H49N5O12S/c1-42(2,3)59-37(51)30(46-41(55)60-43(4,5)6)23-57-40(54)45-29-19-17-25(18-20-29)21-31(49)47-32-35(50)48-33(28(22-56-39(44)53)24-61-36(32)48)38(52)58-34(26-13-9-7-10-14-26)27-15-11-8-12-16-27/h7-20,30,32,34,36H,21-24H2,1-6H3,(H2,44,53)(H,45,54)(H,46,55)(H,47,49)/t30?,32-,36-/m1/s1. The Hall–Kier alpha value is -6.56. The number of nitrogens with one attached hydrogen (secondary N) is 3. The van der Waals surface area contributed by atoms with Gasteiger partial charge in [-0.15, -0.1) is 11.8 Å². The number of nitrogens with two attached hydrogens (primary N) is 1. The fourth-order valence-electron chi connectivity index (χ4n) is 6.11. The number of nitrogens with zero attached hydrogens (tertiary/aromatic N) is 1. The van der Waals surface area contributed by atoms with Crippen LogP contribution in [0, 0.1) is 0 Å². The number of alkyl carbamates (subject to hydrolysis) is 1. The number of amides is 5. The van der Waals surface area contributed by atoms with E-state index in [1.807, 2.05) is 60.7 Å². The fraction of sp³-hybridized carbons (Fsp3) is 0.372. The van der Waals surface area contributed by atoms with Gasteiger partial charge in [-0.3, -0.25) is 19.8 Å². The molecule has 0 saturated carbocycles. The maximum atomic E-state index is 14.0. The van der Waals surface area contributed by atoms with Crippen LogP contribution in [0.3, 0.4) is 0 Å². The summed E-state index contributed by atoms with van der Waals surface area (Å²) in [5.41, 5.74) is 5.97. The van der Waals surface area contributed by atoms with E-state index in [0.717, 1.165) is 0 Å². The molecule has 0 aliphatic carbocycles. The molecule has 61 heavy (non-hydrogen) atoms. The highest BCUT2D eigenvalue weighted by molar-refractivity contribution is 8.00. The maximum Gasteiger partial charge on any atom is 0.411 e. The highest BCUT2D eigenvalue weighted by Crippen LogP contribution is 2.42. The molecule has 18 heteroatoms. The van der Waals surface area contributed by atoms with E-state index in [4.69, 9.17) is 29.4 Å². The van der Waals surface area contributed by atoms with Gasteiger partial charge < -0.3 is 40.1 Å². The molecule has 5 N–H and O–H groups in total. The van der Waals surface area contributed by atoms with Crippen LogP contribution in [-0.2, 0) is 49.3 Å². The topological polar surface area (TPSA) is 231 Å². The summed E-state index contributed by atoms with van der Waals surface area (Å²) in [6.07, 6.45) is -3.83. The van der Waals surface area contributed by atoms with E-state index in [1.54, 1.807) is 53.7 Å². The van der Waals surface area contributed by atoms with Crippen molar-refractivity contribution in [2.75, 3.05) is 24.3 Å². The molecule has 1 saturated heterocycles. The van der Waals surface area contributed by atoms with E-state index >= 15 is 0 Å². The van der Waals surface area contributed by atoms with Gasteiger partial charge in [-0.1, -0.05) is 72.8 Å². The molecule has 17 nitrogen and oxygen atoms in total. The number of anilines is 1. The predicted octanol–water partition coefficient (Wildman–Crippen LogP) is 5.09. The number of hydrogen-bond acceptors (Lipinski definition) is 13. The van der Waals surface area contributed by atoms with Crippen LogP contribution in [0.25, 0.3) is 0 Å². The van der Waals surface area contributed by atoms with E-state index in [9.17, 15) is 33.6 Å². The Morgan fingerprint density at radius 2 is 1.39 bits per heavy atom. The molecule has 3 atom stereocenters. The average Bonchev–Trinajstić information content (AvgIpc) is 3.19. The lowest BCUT2D eigenvalue weighted by atomic mass is 10.0. The first-order chi connectivity index (χ1) is 28.8. The van der Waals surface area contributed by atoms with Gasteiger partial charge in [0.05, 0.1) is 6.42 Å². The Morgan fingerprint density at radius 3 is 1.95 bits per heavy atom. The zero-order valence-electron chi connectivity index (χ0n) is 34.6. The number of hydrogen-bond donors (Lipinski definition) is 4. The average molecular weight is 860 g/mol. The van der Waals surface area contributed by atoms with Crippen molar-refractivity contribution < 1.29 is 57.2 Å². The third kappa shape index (κ3) is 13.0. The lowest BCUT2D eigenvalue weighted by molar-refractivity contribution is -0.158. The van der Waals surface area contributed by atoms with Gasteiger partial charge in [-0.2, -0.15) is 0 Å². The summed E-state index contributed by atoms with van der Waals surface area (Å²) in [7, 11) is 0. The van der Waals surface area contributed by atoms with Crippen molar-refractivity contribution in [1.82, 2.24) is 15.5 Å². The molecular formula is C43H49N5O12S. The molecule has 5 rings (SSSR count). The summed E-state index contributed by atoms with van der Waals surface area (Å²) in [5.74, 6) is -2.51. The quantitative estimate of drug-likeness (QED) is 0.0941. The predicted molar refractivity (Wildman–Crippen MR) is 223 cm³/mol. The summed E-state index contributed by atoms with van der Waals surface area (Å²) in [4.78, 5) is 91.5. The van der Waals surface area contributed by atoms with Crippen LogP contribution in [0.1, 0.15) is 64.3 Å². The normalized spacial score (nSPS) is 16.6. The minimum atomic E-state index is -1.36. The molecule has 2 heterocycles. The zero-order valence-corrected chi connectivity index (χ0v) is 35.4. The van der Waals surface area contributed by atoms with E-state index in [2.05, 4.69) is 16.0 Å². The maximum absolute atomic E-state index is 14.0. The van der Waals surface area contributed by atoms with E-state index in [-0.39, 0.29) is 24.5 Å². The number of carbonyl (C=O) groups excluding carboxylic acids is 7. The van der Waals surface area contributed by atoms with Gasteiger partial charge in [0.15, 0.2) is 12.1 Å². The van der Waals surface area contributed by atoms with Crippen LogP contribution in [0.5, 0.6) is 0 Å². The number of thioether (sulfide) groups is 1. The zero-order chi connectivity index (χ0) is 44.5. The lowest BCUT2D eigenvalue weighted by Crippen LogP contribution is -2.70. The van der Waals surface area contributed by atoms with Crippen LogP contribution in [0.15, 0.2) is 96.2 Å². The van der Waals surface area contributed by atoms with Crippen molar-refractivity contribution in [2.24, 2.45) is 5.73 Å². The van der Waals surface area contributed by atoms with Gasteiger partial charge in [0, 0.05) is 17.0 Å². The first-order valence-electron chi connectivity index (χ1n) is 19.2. The summed E-state index contributed by atoms with van der Waals surface area (Å²) < 4.78 is 26.9. The Morgan fingerprint density at radius 1 is 0.803 bits per heavy atom. The van der Waals surface area contributed by atoms with E-state index < -0.39 is 83.4 Å². The molecule has 0 radical (unpaired) electrons. The largest absolute Gasteiger partial charge is 0.458 e. The van der Waals surface area contributed by atoms with Crippen LogP contribution >= 0.6 is 11.8 Å². The van der Waals surface area contributed by atoms with Crippen LogP contribution in [0.4, 0.5) is 20.1 Å². The van der Waals surface area contributed by atoms with Gasteiger partial charge >= 0.3 is 30.2 Å². The van der Waals surface area contributed by atoms with Gasteiger partial charge in [-0.25, -0.2) is 24.0 Å². The number of benzene rings is 3. The number of fused-ring (bicyclic) bond motifs is 1. The second kappa shape index (κ2) is 19.7. The molecule has 3 aromatic carbocycles. The molecule has 0 spiro atoms. The molecule has 1 fully saturated rings. The van der Waals surface area contributed by atoms with Crippen molar-refractivity contribution in [3.05, 3.63) is 113 Å². The number of rotatable bonds is 14. The van der Waals surface area contributed by atoms with E-state index in [0.29, 0.717) is 28.0 Å². The molecular weight excluding hydrogens is 811 g/mol. The molecule has 324 valence electrons. The van der Waals surface area contributed by atoms with Crippen molar-refractivity contribution >= 4 is 59.5 Å². The number of esters is 2. The summed E-state index contributed by atoms with van der Waals surface area (Å²) in [6, 6.07) is 22.1. The smallest absolute Gasteiger partial charge is 0.411 e. The summed E-state index contributed by atoms with van der Waals surface area (Å²) >= 11 is 1.28. The fourth-order valence-corrected chi connectivity index (χ4v) is 7.44. The van der Waals surface area contributed by atoms with E-state index in [1.165, 1.54) is 28.8 Å². The Bertz CT molecular complexity index is 2100. The number of primary amides is 1. The summed E-state index contributed by atoms with van der Waals surface area (Å²) in [6.45, 7) is 9.01. The van der Waals surface area contributed by atoms with Crippen LogP contribution in [0.2, 0.25) is 0 Å². The number of ether oxygens (including phenoxy) is 5. The molecule has 2 aliphatic heterocycles. The Labute approximate surface area is 357 Å². The van der Waals surface area contributed by atoms with Crippen molar-refractivity contribution in [1.29, 1.82) is 0 Å². The molecule has 5 amide bonds. The summed E-state index contributed by atoms with van der Waals surface area (Å²) in [5, 5.41) is 6.99. The monoisotopic (exact) mass is 859 g/mol. The molecule has 1 unspecified atom stereocenters. The number of carbonyl (C=O) groups is 7. The van der Waals surface area contributed by atoms with Gasteiger partial charge in [-0.05, 0) is 70.4 Å². The van der Waals surface area contributed by atoms with Crippen LogP contribution in [-0.4, -0.2) is 94.6 Å². The first kappa shape index (κ1) is 45.5. The Kier molecular flexibility index (Phi) is 14.7. The third-order valence-corrected chi connectivity index (χ3v) is 10.0. The van der Waals surface area contributed by atoms with Crippen molar-refractivity contribution in [2.45, 2.75) is 82.7 Å². The first-order valence-corrected chi connectivity index (χ1v) is 20.3. The molecule has 0 aromatic heterocycles. The Balaban J connectivity index is 1.19. The highest BCUT2D eigenvalue weighted by Gasteiger charge is 2.54. The number of β-lactam (4-membered cyclic amide) rings is 1. The second-order valence-electron chi connectivity index (χ2n) is 16.0. The van der Waals surface area contributed by atoms with Crippen LogP contribution < -0.4 is 21.7 Å². The second-order valence-corrected chi connectivity index (χ2v) is 17.1. The van der Waals surface area contributed by atoms with Gasteiger partial charge in [0.1, 0.15) is 41.5 Å². The lowest BCUT2D eigenvalue weighted by Gasteiger charge is -2.49. The minimum absolute atomic E-state index is 0.0846. The van der Waals surface area contributed by atoms with Gasteiger partial charge in [0.25, 0.3) is 5.91 Å². The minimum Gasteiger partial charge on any atom is -0.458 e. The third-order valence-electron chi connectivity index (χ3n) is 8.70. The van der Waals surface area contributed by atoms with Crippen molar-refractivity contribution in [3.8, 4) is 0 Å². The van der Waals surface area contributed by atoms with Crippen molar-refractivity contribution in [3.63, 3.8) is 0 Å². The molecule has 3 aromatic rings. The molecule has 0 bridgehead atoms. The SMILES string of the molecule is CC(C)(C)OC(=O)NC(COC(=O)Nc1ccc(CC(=O)N[C@@H]2C(=O)N3C(C(=O)OC(c4ccccc4)c4ccccc4)=C(COC(N)=O)CS[C@H]23)cc1)C(=O)OC(C)(C)C. The van der Waals surface area contributed by atoms with Gasteiger partial charge in [0.2, 0.25) is 5.91 Å². The highest BCUT2D eigenvalue weighted by atomic mass is 32.2. The molecule has 2 aliphatic rings.